The first kappa shape index (κ1) is 15.6. The van der Waals surface area contributed by atoms with E-state index in [0.29, 0.717) is 0 Å². The molecule has 142 valence electrons. The van der Waals surface area contributed by atoms with Gasteiger partial charge in [0.15, 0.2) is 17.1 Å². The van der Waals surface area contributed by atoms with Crippen LogP contribution in [0, 0.1) is 0 Å². The van der Waals surface area contributed by atoms with Crippen LogP contribution in [0.1, 0.15) is 0 Å². The fourth-order valence-electron chi connectivity index (χ4n) is 4.49. The highest BCUT2D eigenvalue weighted by molar-refractivity contribution is 5.93. The Morgan fingerprint density at radius 3 is 2.20 bits per heavy atom. The lowest BCUT2D eigenvalue weighted by Crippen LogP contribution is -2.15. The number of aromatic nitrogens is 3. The van der Waals surface area contributed by atoms with Crippen molar-refractivity contribution in [3.05, 3.63) is 97.5 Å². The second-order valence-corrected chi connectivity index (χ2v) is 7.43. The maximum Gasteiger partial charge on any atom is 0.161 e. The number of hydrogen-bond acceptors (Lipinski definition) is 3. The van der Waals surface area contributed by atoms with Crippen LogP contribution in [0.2, 0.25) is 0 Å². The third-order valence-electron chi connectivity index (χ3n) is 5.79. The molecule has 6 aromatic rings. The minimum atomic E-state index is 0.854. The molecule has 30 heavy (non-hydrogen) atoms. The molecular formula is C25H16N4O. The minimum absolute atomic E-state index is 0.854. The lowest BCUT2D eigenvalue weighted by atomic mass is 10.1. The Morgan fingerprint density at radius 1 is 0.633 bits per heavy atom. The van der Waals surface area contributed by atoms with Crippen molar-refractivity contribution in [3.8, 4) is 11.5 Å². The van der Waals surface area contributed by atoms with Gasteiger partial charge in [-0.3, -0.25) is 4.40 Å². The third kappa shape index (κ3) is 1.98. The molecule has 3 aromatic heterocycles. The molecule has 0 fully saturated rings. The number of benzene rings is 3. The number of fused-ring (bicyclic) bond motifs is 8. The quantitative estimate of drug-likeness (QED) is 0.330. The Kier molecular flexibility index (Phi) is 2.94. The highest BCUT2D eigenvalue weighted by Crippen LogP contribution is 2.50. The van der Waals surface area contributed by atoms with E-state index in [-0.39, 0.29) is 0 Å². The molecule has 0 radical (unpaired) electrons. The van der Waals surface area contributed by atoms with Crippen molar-refractivity contribution in [2.24, 2.45) is 0 Å². The topological polar surface area (TPSA) is 34.2 Å². The van der Waals surface area contributed by atoms with Gasteiger partial charge in [-0.15, -0.1) is 0 Å². The molecule has 0 amide bonds. The zero-order valence-corrected chi connectivity index (χ0v) is 15.9. The van der Waals surface area contributed by atoms with Crippen molar-refractivity contribution >= 4 is 39.3 Å². The Labute approximate surface area is 172 Å². The first-order valence-electron chi connectivity index (χ1n) is 9.90. The lowest BCUT2D eigenvalue weighted by molar-refractivity contribution is 0.477. The maximum atomic E-state index is 6.16. The summed E-state index contributed by atoms with van der Waals surface area (Å²) in [4.78, 5) is 6.82. The molecule has 0 bridgehead atoms. The van der Waals surface area contributed by atoms with Gasteiger partial charge in [0.1, 0.15) is 0 Å². The highest BCUT2D eigenvalue weighted by atomic mass is 16.5. The molecule has 0 aliphatic carbocycles. The van der Waals surface area contributed by atoms with Gasteiger partial charge in [-0.1, -0.05) is 24.3 Å². The monoisotopic (exact) mass is 388 g/mol. The smallest absolute Gasteiger partial charge is 0.161 e. The summed E-state index contributed by atoms with van der Waals surface area (Å²) >= 11 is 0. The molecule has 5 nitrogen and oxygen atoms in total. The Balaban J connectivity index is 1.56. The SMILES string of the molecule is c1ccc2c(c1)Oc1ccccc1N2c1ccc2c(c1)n1cccc1c1nccn21. The zero-order chi connectivity index (χ0) is 19.7. The minimum Gasteiger partial charge on any atom is -0.453 e. The predicted octanol–water partition coefficient (Wildman–Crippen LogP) is 6.32. The van der Waals surface area contributed by atoms with Gasteiger partial charge in [0.2, 0.25) is 0 Å². The molecule has 1 aliphatic heterocycles. The van der Waals surface area contributed by atoms with E-state index in [9.17, 15) is 0 Å². The van der Waals surface area contributed by atoms with Crippen LogP contribution in [0.5, 0.6) is 11.5 Å². The summed E-state index contributed by atoms with van der Waals surface area (Å²) in [6, 6.07) is 27.1. The molecule has 1 aliphatic rings. The molecule has 0 saturated heterocycles. The fraction of sp³-hybridized carbons (Fsp3) is 0. The fourth-order valence-corrected chi connectivity index (χ4v) is 4.49. The summed E-state index contributed by atoms with van der Waals surface area (Å²) in [6.07, 6.45) is 5.96. The molecule has 0 N–H and O–H groups in total. The van der Waals surface area contributed by atoms with E-state index >= 15 is 0 Å². The molecule has 0 spiro atoms. The number of anilines is 3. The van der Waals surface area contributed by atoms with Crippen LogP contribution in [0.15, 0.2) is 97.5 Å². The lowest BCUT2D eigenvalue weighted by Gasteiger charge is -2.32. The van der Waals surface area contributed by atoms with Crippen molar-refractivity contribution in [1.29, 1.82) is 0 Å². The molecule has 0 atom stereocenters. The standard InChI is InChI=1S/C25H16N4O/c1-3-9-23-19(6-1)29(20-7-2-4-10-24(20)30-23)17-11-12-18-22(16-17)27-14-5-8-21(27)25-26-13-15-28(18)25/h1-16H. The van der Waals surface area contributed by atoms with E-state index in [4.69, 9.17) is 4.74 Å². The van der Waals surface area contributed by atoms with E-state index in [1.165, 1.54) is 0 Å². The van der Waals surface area contributed by atoms with Gasteiger partial charge in [-0.05, 0) is 54.6 Å². The first-order chi connectivity index (χ1) is 14.9. The first-order valence-corrected chi connectivity index (χ1v) is 9.90. The van der Waals surface area contributed by atoms with Crippen LogP contribution >= 0.6 is 0 Å². The number of rotatable bonds is 1. The van der Waals surface area contributed by atoms with Crippen LogP contribution in [0.3, 0.4) is 0 Å². The average Bonchev–Trinajstić information content (AvgIpc) is 3.47. The number of imidazole rings is 1. The van der Waals surface area contributed by atoms with Gasteiger partial charge in [0.25, 0.3) is 0 Å². The van der Waals surface area contributed by atoms with Crippen molar-refractivity contribution < 1.29 is 4.74 Å². The van der Waals surface area contributed by atoms with Crippen molar-refractivity contribution in [1.82, 2.24) is 13.8 Å². The van der Waals surface area contributed by atoms with Crippen molar-refractivity contribution in [2.45, 2.75) is 0 Å². The normalized spacial score (nSPS) is 12.9. The zero-order valence-electron chi connectivity index (χ0n) is 15.9. The molecule has 0 unspecified atom stereocenters. The van der Waals surface area contributed by atoms with Gasteiger partial charge in [-0.25, -0.2) is 4.98 Å². The summed E-state index contributed by atoms with van der Waals surface area (Å²) in [6.45, 7) is 0. The molecule has 4 heterocycles. The van der Waals surface area contributed by atoms with Crippen molar-refractivity contribution in [2.75, 3.05) is 4.90 Å². The summed E-state index contributed by atoms with van der Waals surface area (Å²) in [5, 5.41) is 0. The molecular weight excluding hydrogens is 372 g/mol. The van der Waals surface area contributed by atoms with Crippen molar-refractivity contribution in [3.63, 3.8) is 0 Å². The van der Waals surface area contributed by atoms with Crippen LogP contribution < -0.4 is 9.64 Å². The Hall–Kier alpha value is -4.25. The predicted molar refractivity (Wildman–Crippen MR) is 118 cm³/mol. The van der Waals surface area contributed by atoms with Gasteiger partial charge in [0, 0.05) is 24.3 Å². The van der Waals surface area contributed by atoms with Crippen LogP contribution in [0.4, 0.5) is 17.1 Å². The van der Waals surface area contributed by atoms with Gasteiger partial charge >= 0.3 is 0 Å². The molecule has 0 saturated carbocycles. The van der Waals surface area contributed by atoms with E-state index in [2.05, 4.69) is 67.3 Å². The number of nitrogens with zero attached hydrogens (tertiary/aromatic N) is 4. The largest absolute Gasteiger partial charge is 0.453 e. The maximum absolute atomic E-state index is 6.16. The second-order valence-electron chi connectivity index (χ2n) is 7.43. The van der Waals surface area contributed by atoms with E-state index < -0.39 is 0 Å². The molecule has 7 rings (SSSR count). The molecule has 3 aromatic carbocycles. The molecule has 5 heteroatoms. The van der Waals surface area contributed by atoms with Gasteiger partial charge < -0.3 is 14.0 Å². The number of hydrogen-bond donors (Lipinski definition) is 0. The average molecular weight is 388 g/mol. The van der Waals surface area contributed by atoms with Gasteiger partial charge in [-0.2, -0.15) is 0 Å². The van der Waals surface area contributed by atoms with Gasteiger partial charge in [0.05, 0.1) is 27.9 Å². The Bertz CT molecular complexity index is 1550. The summed E-state index contributed by atoms with van der Waals surface area (Å²) in [5.41, 5.74) is 7.44. The van der Waals surface area contributed by atoms with Crippen LogP contribution in [0.25, 0.3) is 22.2 Å². The number of para-hydroxylation sites is 4. The van der Waals surface area contributed by atoms with Crippen LogP contribution in [-0.2, 0) is 0 Å². The summed E-state index contributed by atoms with van der Waals surface area (Å²) < 4.78 is 10.5. The van der Waals surface area contributed by atoms with E-state index in [0.717, 1.165) is 50.8 Å². The van der Waals surface area contributed by atoms with E-state index in [1.54, 1.807) is 0 Å². The summed E-state index contributed by atoms with van der Waals surface area (Å²) in [5.74, 6) is 1.71. The second kappa shape index (κ2) is 5.64. The Morgan fingerprint density at radius 2 is 1.40 bits per heavy atom. The summed E-state index contributed by atoms with van der Waals surface area (Å²) in [7, 11) is 0. The number of ether oxygens (including phenoxy) is 1. The third-order valence-corrected chi connectivity index (χ3v) is 5.79. The highest BCUT2D eigenvalue weighted by Gasteiger charge is 2.25. The van der Waals surface area contributed by atoms with Crippen LogP contribution in [-0.4, -0.2) is 13.8 Å². The van der Waals surface area contributed by atoms with E-state index in [1.807, 2.05) is 48.8 Å².